The van der Waals surface area contributed by atoms with Crippen molar-refractivity contribution in [1.29, 1.82) is 0 Å². The summed E-state index contributed by atoms with van der Waals surface area (Å²) in [4.78, 5) is 40.0. The van der Waals surface area contributed by atoms with E-state index in [2.05, 4.69) is 53.3 Å². The van der Waals surface area contributed by atoms with Crippen LogP contribution in [0.4, 0.5) is 22.9 Å². The molecule has 0 saturated carbocycles. The smallest absolute Gasteiger partial charge is 0.293 e. The van der Waals surface area contributed by atoms with Gasteiger partial charge >= 0.3 is 0 Å². The van der Waals surface area contributed by atoms with Crippen LogP contribution in [0.25, 0.3) is 22.0 Å². The number of nitro benzene ring substituents is 1. The maximum absolute atomic E-state index is 13.8. The number of fused-ring (bicyclic) bond motifs is 1. The third-order valence-electron chi connectivity index (χ3n) is 10.9. The number of nitrogens with zero attached hydrogens (tertiary/aromatic N) is 6. The van der Waals surface area contributed by atoms with Crippen molar-refractivity contribution in [2.75, 3.05) is 74.1 Å². The lowest BCUT2D eigenvalue weighted by molar-refractivity contribution is -0.384. The van der Waals surface area contributed by atoms with Gasteiger partial charge in [-0.25, -0.2) is 18.4 Å². The molecule has 7 rings (SSSR count). The van der Waals surface area contributed by atoms with E-state index in [9.17, 15) is 23.3 Å². The first-order chi connectivity index (χ1) is 30.9. The third kappa shape index (κ3) is 12.5. The van der Waals surface area contributed by atoms with Gasteiger partial charge in [-0.1, -0.05) is 66.2 Å². The van der Waals surface area contributed by atoms with Gasteiger partial charge < -0.3 is 20.4 Å². The SMILES string of the molecule is CN(C)CC(=O)NCCCCC(CSc1ccccc1)Nc1ccc(S(=O)(=O)Nc2ncnc3cc(N4CCN(Cc5cc(Cl)ccc5-c5ccccc5)CC4)ccc23)cc1[N+](=O)[O-]. The average molecular weight is 923 g/mol. The van der Waals surface area contributed by atoms with E-state index < -0.39 is 14.9 Å². The average Bonchev–Trinajstić information content (AvgIpc) is 3.28. The molecule has 0 aliphatic carbocycles. The van der Waals surface area contributed by atoms with Gasteiger partial charge in [0.15, 0.2) is 5.82 Å². The van der Waals surface area contributed by atoms with Gasteiger partial charge in [-0.15, -0.1) is 11.8 Å². The topological polar surface area (TPSA) is 166 Å². The molecular formula is C47H52ClN9O5S2. The van der Waals surface area contributed by atoms with Crippen LogP contribution < -0.4 is 20.3 Å². The van der Waals surface area contributed by atoms with Crippen LogP contribution in [0.5, 0.6) is 0 Å². The van der Waals surface area contributed by atoms with E-state index in [0.29, 0.717) is 41.2 Å². The van der Waals surface area contributed by atoms with Crippen LogP contribution in [0.1, 0.15) is 24.8 Å². The number of unbranched alkanes of at least 4 members (excludes halogenated alkanes) is 1. The number of piperazine rings is 1. The zero-order valence-corrected chi connectivity index (χ0v) is 38.2. The summed E-state index contributed by atoms with van der Waals surface area (Å²) in [6.45, 7) is 4.83. The summed E-state index contributed by atoms with van der Waals surface area (Å²) in [6.07, 6.45) is 3.46. The van der Waals surface area contributed by atoms with Crippen molar-refractivity contribution in [2.24, 2.45) is 0 Å². The molecule has 1 aromatic heterocycles. The first kappa shape index (κ1) is 46.2. The molecule has 14 nitrogen and oxygen atoms in total. The van der Waals surface area contributed by atoms with Gasteiger partial charge in [-0.05, 0) is 105 Å². The number of carbonyl (C=O) groups is 1. The molecule has 1 fully saturated rings. The summed E-state index contributed by atoms with van der Waals surface area (Å²) in [5.74, 6) is 0.624. The number of nitro groups is 1. The Morgan fingerprint density at radius 1 is 0.906 bits per heavy atom. The number of halogens is 1. The summed E-state index contributed by atoms with van der Waals surface area (Å²) >= 11 is 8.06. The third-order valence-corrected chi connectivity index (χ3v) is 13.7. The lowest BCUT2D eigenvalue weighted by Crippen LogP contribution is -2.46. The molecule has 1 atom stereocenters. The number of likely N-dealkylation sites (N-methyl/N-ethyl adjacent to an activating group) is 1. The highest BCUT2D eigenvalue weighted by molar-refractivity contribution is 7.99. The molecule has 64 heavy (non-hydrogen) atoms. The largest absolute Gasteiger partial charge is 0.376 e. The van der Waals surface area contributed by atoms with Crippen LogP contribution in [0.3, 0.4) is 0 Å². The number of hydrogen-bond acceptors (Lipinski definition) is 12. The zero-order chi connectivity index (χ0) is 45.1. The molecule has 3 N–H and O–H groups in total. The van der Waals surface area contributed by atoms with Gasteiger partial charge in [-0.3, -0.25) is 24.5 Å². The maximum atomic E-state index is 13.8. The van der Waals surface area contributed by atoms with E-state index in [1.54, 1.807) is 22.7 Å². The van der Waals surface area contributed by atoms with Crippen molar-refractivity contribution in [3.05, 3.63) is 142 Å². The molecular weight excluding hydrogens is 870 g/mol. The van der Waals surface area contributed by atoms with Gasteiger partial charge in [0.1, 0.15) is 12.0 Å². The number of nitrogens with one attached hydrogen (secondary N) is 3. The molecule has 17 heteroatoms. The van der Waals surface area contributed by atoms with E-state index in [-0.39, 0.29) is 34.0 Å². The molecule has 6 aromatic rings. The van der Waals surface area contributed by atoms with Crippen LogP contribution in [0, 0.1) is 10.1 Å². The second-order valence-electron chi connectivity index (χ2n) is 15.9. The lowest BCUT2D eigenvalue weighted by atomic mass is 9.99. The molecule has 1 unspecified atom stereocenters. The van der Waals surface area contributed by atoms with Crippen LogP contribution in [0.15, 0.2) is 131 Å². The minimum Gasteiger partial charge on any atom is -0.376 e. The van der Waals surface area contributed by atoms with Gasteiger partial charge in [-0.2, -0.15) is 0 Å². The van der Waals surface area contributed by atoms with Gasteiger partial charge in [0.2, 0.25) is 5.91 Å². The molecule has 1 aliphatic rings. The molecule has 334 valence electrons. The van der Waals surface area contributed by atoms with E-state index in [0.717, 1.165) is 67.8 Å². The minimum atomic E-state index is -4.31. The fraction of sp³-hybridized carbons (Fsp3) is 0.298. The molecule has 0 radical (unpaired) electrons. The number of amides is 1. The highest BCUT2D eigenvalue weighted by Crippen LogP contribution is 2.33. The van der Waals surface area contributed by atoms with Crippen LogP contribution in [-0.4, -0.2) is 104 Å². The minimum absolute atomic E-state index is 0.0494. The fourth-order valence-corrected chi connectivity index (χ4v) is 9.91. The molecule has 1 aliphatic heterocycles. The highest BCUT2D eigenvalue weighted by Gasteiger charge is 2.25. The number of rotatable bonds is 20. The number of hydrogen-bond donors (Lipinski definition) is 3. The van der Waals surface area contributed by atoms with E-state index in [1.807, 2.05) is 86.9 Å². The first-order valence-corrected chi connectivity index (χ1v) is 24.0. The summed E-state index contributed by atoms with van der Waals surface area (Å²) in [5, 5.41) is 19.9. The van der Waals surface area contributed by atoms with Gasteiger partial charge in [0.05, 0.1) is 21.9 Å². The molecule has 0 spiro atoms. The number of sulfonamides is 1. The molecule has 1 amide bonds. The Balaban J connectivity index is 1.00. The van der Waals surface area contributed by atoms with Crippen molar-refractivity contribution < 1.29 is 18.1 Å². The second kappa shape index (κ2) is 21.7. The van der Waals surface area contributed by atoms with Crippen molar-refractivity contribution in [3.63, 3.8) is 0 Å². The standard InChI is InChI=1S/C47H52ClN9O5S2/c1-54(2)31-46(58)49-22-10-9-13-37(32-63-39-14-7-4-8-15-39)52-43-21-18-40(29-45(43)57(59)60)64(61,62)53-47-42-20-17-38(28-44(42)50-33-51-47)56-25-23-55(24-26-56)30-35-27-36(48)16-19-41(35)34-11-5-3-6-12-34/h3-8,11-12,14-21,27-29,33,37,52H,9-10,13,22-26,30-32H2,1-2H3,(H,49,58)(H,50,51,53). The predicted molar refractivity (Wildman–Crippen MR) is 258 cm³/mol. The molecule has 5 aromatic carbocycles. The summed E-state index contributed by atoms with van der Waals surface area (Å²) in [5.41, 5.74) is 4.86. The number of carbonyl (C=O) groups excluding carboxylic acids is 1. The number of anilines is 3. The Morgan fingerprint density at radius 3 is 2.39 bits per heavy atom. The van der Waals surface area contributed by atoms with E-state index in [1.165, 1.54) is 29.6 Å². The maximum Gasteiger partial charge on any atom is 0.293 e. The fourth-order valence-electron chi connectivity index (χ4n) is 7.68. The second-order valence-corrected chi connectivity index (χ2v) is 19.2. The normalized spacial score (nSPS) is 13.8. The van der Waals surface area contributed by atoms with Crippen LogP contribution >= 0.6 is 23.4 Å². The van der Waals surface area contributed by atoms with Crippen molar-refractivity contribution >= 4 is 73.1 Å². The summed E-state index contributed by atoms with van der Waals surface area (Å²) in [6, 6.07) is 35.6. The Kier molecular flexibility index (Phi) is 15.7. The monoisotopic (exact) mass is 921 g/mol. The number of thioether (sulfide) groups is 1. The van der Waals surface area contributed by atoms with Crippen LogP contribution in [-0.2, 0) is 21.4 Å². The Morgan fingerprint density at radius 2 is 1.66 bits per heavy atom. The Bertz CT molecular complexity index is 2650. The van der Waals surface area contributed by atoms with Gasteiger partial charge in [0.25, 0.3) is 15.7 Å². The summed E-state index contributed by atoms with van der Waals surface area (Å²) in [7, 11) is -0.642. The molecule has 0 bridgehead atoms. The number of benzene rings is 5. The number of aromatic nitrogens is 2. The van der Waals surface area contributed by atoms with Gasteiger partial charge in [0, 0.05) is 78.1 Å². The predicted octanol–water partition coefficient (Wildman–Crippen LogP) is 8.40. The lowest BCUT2D eigenvalue weighted by Gasteiger charge is -2.36. The zero-order valence-electron chi connectivity index (χ0n) is 35.8. The first-order valence-electron chi connectivity index (χ1n) is 21.1. The van der Waals surface area contributed by atoms with Crippen molar-refractivity contribution in [1.82, 2.24) is 25.1 Å². The Hall–Kier alpha value is -5.78. The summed E-state index contributed by atoms with van der Waals surface area (Å²) < 4.78 is 30.3. The van der Waals surface area contributed by atoms with Crippen molar-refractivity contribution in [3.8, 4) is 11.1 Å². The van der Waals surface area contributed by atoms with Crippen LogP contribution in [0.2, 0.25) is 5.02 Å². The quantitative estimate of drug-likeness (QED) is 0.0290. The van der Waals surface area contributed by atoms with E-state index in [4.69, 9.17) is 11.6 Å². The molecule has 2 heterocycles. The highest BCUT2D eigenvalue weighted by atomic mass is 35.5. The Labute approximate surface area is 383 Å². The van der Waals surface area contributed by atoms with Crippen molar-refractivity contribution in [2.45, 2.75) is 41.6 Å². The molecule has 1 saturated heterocycles. The van der Waals surface area contributed by atoms with E-state index >= 15 is 0 Å².